The van der Waals surface area contributed by atoms with Crippen LogP contribution in [0.2, 0.25) is 5.02 Å². The molecule has 14 heavy (non-hydrogen) atoms. The molecule has 0 saturated carbocycles. The molecular weight excluding hydrogens is 254 g/mol. The smallest absolute Gasteiger partial charge is 0.267 e. The molecule has 0 aliphatic carbocycles. The van der Waals surface area contributed by atoms with Gasteiger partial charge in [-0.25, -0.2) is 12.8 Å². The molecule has 0 atom stereocenters. The topological polar surface area (TPSA) is 43.4 Å². The van der Waals surface area contributed by atoms with Crippen molar-refractivity contribution >= 4 is 31.3 Å². The van der Waals surface area contributed by atoms with Crippen molar-refractivity contribution in [2.24, 2.45) is 0 Å². The summed E-state index contributed by atoms with van der Waals surface area (Å²) in [6.07, 6.45) is 0. The zero-order valence-corrected chi connectivity index (χ0v) is 9.25. The van der Waals surface area contributed by atoms with Gasteiger partial charge in [-0.3, -0.25) is 0 Å². The van der Waals surface area contributed by atoms with Gasteiger partial charge in [-0.2, -0.15) is 0 Å². The van der Waals surface area contributed by atoms with Gasteiger partial charge in [0.05, 0.1) is 12.1 Å². The molecule has 0 aliphatic rings. The van der Waals surface area contributed by atoms with Gasteiger partial charge in [0.25, 0.3) is 9.05 Å². The van der Waals surface area contributed by atoms with E-state index in [9.17, 15) is 12.8 Å². The molecule has 1 aromatic carbocycles. The highest BCUT2D eigenvalue weighted by atomic mass is 35.7. The predicted octanol–water partition coefficient (Wildman–Crippen LogP) is 2.42. The Labute approximate surface area is 89.8 Å². The molecule has 0 unspecified atom stereocenters. The van der Waals surface area contributed by atoms with Gasteiger partial charge in [0.2, 0.25) is 0 Å². The Balaban J connectivity index is 3.60. The first-order valence-corrected chi connectivity index (χ1v) is 6.03. The largest absolute Gasteiger partial charge is 0.495 e. The quantitative estimate of drug-likeness (QED) is 0.766. The third-order valence-corrected chi connectivity index (χ3v) is 3.10. The summed E-state index contributed by atoms with van der Waals surface area (Å²) in [5.74, 6) is -1.29. The van der Waals surface area contributed by atoms with Crippen LogP contribution < -0.4 is 4.74 Å². The molecule has 78 valence electrons. The Kier molecular flexibility index (Phi) is 3.24. The fraction of sp³-hybridized carbons (Fsp3) is 0.143. The first-order valence-electron chi connectivity index (χ1n) is 3.34. The van der Waals surface area contributed by atoms with Gasteiger partial charge in [0.15, 0.2) is 10.7 Å². The lowest BCUT2D eigenvalue weighted by molar-refractivity contribution is 0.395. The van der Waals surface area contributed by atoms with E-state index in [0.717, 1.165) is 0 Å². The summed E-state index contributed by atoms with van der Waals surface area (Å²) in [6, 6.07) is 2.40. The van der Waals surface area contributed by atoms with Crippen molar-refractivity contribution in [3.63, 3.8) is 0 Å². The average Bonchev–Trinajstić information content (AvgIpc) is 2.07. The number of methoxy groups -OCH3 is 1. The van der Waals surface area contributed by atoms with Crippen molar-refractivity contribution in [1.82, 2.24) is 0 Å². The Bertz CT molecular complexity index is 458. The van der Waals surface area contributed by atoms with E-state index in [2.05, 4.69) is 4.74 Å². The molecule has 0 heterocycles. The lowest BCUT2D eigenvalue weighted by Crippen LogP contribution is -2.00. The number of benzene rings is 1. The highest BCUT2D eigenvalue weighted by Crippen LogP contribution is 2.33. The van der Waals surface area contributed by atoms with Crippen LogP contribution in [0.5, 0.6) is 5.75 Å². The molecule has 0 spiro atoms. The van der Waals surface area contributed by atoms with Crippen molar-refractivity contribution in [3.8, 4) is 5.75 Å². The standard InChI is InChI=1S/C7H5Cl2FO3S/c1-13-5-3-2-4(8)6(10)7(5)14(9,11)12/h2-3H,1H3. The molecule has 0 aliphatic heterocycles. The minimum Gasteiger partial charge on any atom is -0.495 e. The fourth-order valence-corrected chi connectivity index (χ4v) is 2.26. The Hall–Kier alpha value is -0.520. The third kappa shape index (κ3) is 2.10. The second kappa shape index (κ2) is 3.92. The maximum absolute atomic E-state index is 13.3. The minimum atomic E-state index is -4.21. The lowest BCUT2D eigenvalue weighted by atomic mass is 10.3. The van der Waals surface area contributed by atoms with Crippen molar-refractivity contribution in [2.75, 3.05) is 7.11 Å². The Morgan fingerprint density at radius 1 is 1.43 bits per heavy atom. The van der Waals surface area contributed by atoms with Crippen LogP contribution in [0.25, 0.3) is 0 Å². The first kappa shape index (κ1) is 11.6. The average molecular weight is 259 g/mol. The minimum absolute atomic E-state index is 0.179. The van der Waals surface area contributed by atoms with Crippen LogP contribution in [-0.2, 0) is 9.05 Å². The van der Waals surface area contributed by atoms with Crippen molar-refractivity contribution in [1.29, 1.82) is 0 Å². The van der Waals surface area contributed by atoms with Crippen LogP contribution in [0, 0.1) is 5.82 Å². The van der Waals surface area contributed by atoms with E-state index in [-0.39, 0.29) is 10.8 Å². The van der Waals surface area contributed by atoms with Crippen molar-refractivity contribution in [3.05, 3.63) is 23.0 Å². The van der Waals surface area contributed by atoms with Crippen LogP contribution >= 0.6 is 22.3 Å². The van der Waals surface area contributed by atoms with Crippen LogP contribution in [0.15, 0.2) is 17.0 Å². The van der Waals surface area contributed by atoms with Crippen molar-refractivity contribution in [2.45, 2.75) is 4.90 Å². The van der Waals surface area contributed by atoms with E-state index in [1.165, 1.54) is 19.2 Å². The second-order valence-electron chi connectivity index (χ2n) is 2.33. The Morgan fingerprint density at radius 2 is 2.00 bits per heavy atom. The lowest BCUT2D eigenvalue weighted by Gasteiger charge is -2.06. The molecule has 1 rings (SSSR count). The number of hydrogen-bond acceptors (Lipinski definition) is 3. The van der Waals surface area contributed by atoms with Gasteiger partial charge >= 0.3 is 0 Å². The molecule has 1 aromatic rings. The SMILES string of the molecule is COc1ccc(Cl)c(F)c1S(=O)(=O)Cl. The zero-order chi connectivity index (χ0) is 10.9. The van der Waals surface area contributed by atoms with Gasteiger partial charge in [-0.15, -0.1) is 0 Å². The summed E-state index contributed by atoms with van der Waals surface area (Å²) in [6.45, 7) is 0. The van der Waals surface area contributed by atoms with E-state index in [1.807, 2.05) is 0 Å². The number of hydrogen-bond donors (Lipinski definition) is 0. The van der Waals surface area contributed by atoms with Crippen LogP contribution in [-0.4, -0.2) is 15.5 Å². The molecular formula is C7H5Cl2FO3S. The molecule has 0 aromatic heterocycles. The van der Waals surface area contributed by atoms with E-state index in [0.29, 0.717) is 0 Å². The molecule has 7 heteroatoms. The summed E-state index contributed by atoms with van der Waals surface area (Å²) in [5.41, 5.74) is 0. The fourth-order valence-electron chi connectivity index (χ4n) is 0.902. The molecule has 0 bridgehead atoms. The summed E-state index contributed by atoms with van der Waals surface area (Å²) in [7, 11) is 2.00. The van der Waals surface area contributed by atoms with Crippen molar-refractivity contribution < 1.29 is 17.5 Å². The molecule has 0 fully saturated rings. The predicted molar refractivity (Wildman–Crippen MR) is 51.0 cm³/mol. The van der Waals surface area contributed by atoms with Gasteiger partial charge < -0.3 is 4.74 Å². The van der Waals surface area contributed by atoms with Gasteiger partial charge in [0.1, 0.15) is 5.75 Å². The van der Waals surface area contributed by atoms with Gasteiger partial charge in [-0.1, -0.05) is 11.6 Å². The van der Waals surface area contributed by atoms with Gasteiger partial charge in [0, 0.05) is 10.7 Å². The first-order chi connectivity index (χ1) is 6.38. The molecule has 3 nitrogen and oxygen atoms in total. The summed E-state index contributed by atoms with van der Waals surface area (Å²) < 4.78 is 39.9. The highest BCUT2D eigenvalue weighted by molar-refractivity contribution is 8.13. The molecule has 0 amide bonds. The number of halogens is 3. The summed E-state index contributed by atoms with van der Waals surface area (Å²) in [4.78, 5) is -0.742. The zero-order valence-electron chi connectivity index (χ0n) is 6.92. The molecule has 0 saturated heterocycles. The van der Waals surface area contributed by atoms with E-state index in [1.54, 1.807) is 0 Å². The van der Waals surface area contributed by atoms with Crippen LogP contribution in [0.4, 0.5) is 4.39 Å². The maximum Gasteiger partial charge on any atom is 0.267 e. The van der Waals surface area contributed by atoms with E-state index >= 15 is 0 Å². The second-order valence-corrected chi connectivity index (χ2v) is 5.24. The van der Waals surface area contributed by atoms with E-state index in [4.69, 9.17) is 22.3 Å². The number of ether oxygens (including phenoxy) is 1. The van der Waals surface area contributed by atoms with Crippen LogP contribution in [0.3, 0.4) is 0 Å². The Morgan fingerprint density at radius 3 is 2.43 bits per heavy atom. The monoisotopic (exact) mass is 258 g/mol. The van der Waals surface area contributed by atoms with Gasteiger partial charge in [-0.05, 0) is 12.1 Å². The van der Waals surface area contributed by atoms with E-state index < -0.39 is 19.8 Å². The molecule has 0 N–H and O–H groups in total. The third-order valence-electron chi connectivity index (χ3n) is 1.48. The maximum atomic E-state index is 13.3. The summed E-state index contributed by atoms with van der Waals surface area (Å²) in [5, 5.41) is -0.329. The molecule has 0 radical (unpaired) electrons. The van der Waals surface area contributed by atoms with Crippen LogP contribution in [0.1, 0.15) is 0 Å². The summed E-state index contributed by atoms with van der Waals surface area (Å²) >= 11 is 5.40. The highest BCUT2D eigenvalue weighted by Gasteiger charge is 2.24. The normalized spacial score (nSPS) is 11.4. The number of rotatable bonds is 2.